The van der Waals surface area contributed by atoms with Gasteiger partial charge in [-0.25, -0.2) is 4.79 Å². The van der Waals surface area contributed by atoms with Crippen LogP contribution >= 0.6 is 0 Å². The van der Waals surface area contributed by atoms with Crippen molar-refractivity contribution in [1.29, 1.82) is 0 Å². The number of alkyl halides is 2. The molecule has 24 heavy (non-hydrogen) atoms. The largest absolute Gasteiger partial charge is 0.435 e. The normalized spacial score (nSPS) is 22.3. The highest BCUT2D eigenvalue weighted by Crippen LogP contribution is 2.23. The molecule has 5 nitrogen and oxygen atoms in total. The summed E-state index contributed by atoms with van der Waals surface area (Å²) in [4.78, 5) is 14.0. The van der Waals surface area contributed by atoms with E-state index in [0.29, 0.717) is 19.5 Å². The molecule has 1 heterocycles. The van der Waals surface area contributed by atoms with Gasteiger partial charge in [-0.1, -0.05) is 26.0 Å². The Kier molecular flexibility index (Phi) is 6.36. The van der Waals surface area contributed by atoms with Crippen LogP contribution in [0.1, 0.15) is 38.3 Å². The van der Waals surface area contributed by atoms with E-state index in [1.807, 2.05) is 13.8 Å². The first kappa shape index (κ1) is 18.4. The average molecular weight is 342 g/mol. The summed E-state index contributed by atoms with van der Waals surface area (Å²) in [6.07, 6.45) is 0.925. The minimum atomic E-state index is -2.86. The van der Waals surface area contributed by atoms with Gasteiger partial charge in [-0.2, -0.15) is 8.78 Å². The van der Waals surface area contributed by atoms with Gasteiger partial charge in [-0.05, 0) is 36.5 Å². The van der Waals surface area contributed by atoms with Crippen LogP contribution in [0, 0.1) is 5.92 Å². The van der Waals surface area contributed by atoms with E-state index in [9.17, 15) is 18.7 Å². The first-order chi connectivity index (χ1) is 11.4. The van der Waals surface area contributed by atoms with Crippen LogP contribution in [0.15, 0.2) is 24.3 Å². The molecule has 1 fully saturated rings. The number of benzene rings is 1. The van der Waals surface area contributed by atoms with E-state index in [4.69, 9.17) is 0 Å². The van der Waals surface area contributed by atoms with Gasteiger partial charge in [0.15, 0.2) is 0 Å². The molecule has 2 amide bonds. The van der Waals surface area contributed by atoms with Crippen molar-refractivity contribution in [3.63, 3.8) is 0 Å². The van der Waals surface area contributed by atoms with Crippen LogP contribution in [-0.4, -0.2) is 41.8 Å². The highest BCUT2D eigenvalue weighted by molar-refractivity contribution is 5.75. The molecule has 0 saturated carbocycles. The van der Waals surface area contributed by atoms with Gasteiger partial charge in [0.2, 0.25) is 0 Å². The van der Waals surface area contributed by atoms with Gasteiger partial charge in [0.25, 0.3) is 0 Å². The molecule has 3 atom stereocenters. The van der Waals surface area contributed by atoms with Gasteiger partial charge in [-0.15, -0.1) is 0 Å². The number of rotatable bonds is 5. The molecule has 1 saturated heterocycles. The van der Waals surface area contributed by atoms with E-state index in [0.717, 1.165) is 12.0 Å². The van der Waals surface area contributed by atoms with E-state index < -0.39 is 12.7 Å². The van der Waals surface area contributed by atoms with Crippen molar-refractivity contribution in [2.24, 2.45) is 5.92 Å². The topological polar surface area (TPSA) is 61.8 Å². The lowest BCUT2D eigenvalue weighted by Crippen LogP contribution is -2.50. The number of ether oxygens (including phenoxy) is 1. The van der Waals surface area contributed by atoms with Crippen LogP contribution in [0.3, 0.4) is 0 Å². The fourth-order valence-corrected chi connectivity index (χ4v) is 2.78. The van der Waals surface area contributed by atoms with Crippen molar-refractivity contribution in [2.75, 3.05) is 13.1 Å². The van der Waals surface area contributed by atoms with E-state index >= 15 is 0 Å². The summed E-state index contributed by atoms with van der Waals surface area (Å²) in [6.45, 7) is 1.98. The molecular weight excluding hydrogens is 318 g/mol. The minimum absolute atomic E-state index is 0.0862. The molecule has 2 rings (SSSR count). The van der Waals surface area contributed by atoms with E-state index in [-0.39, 0.29) is 23.7 Å². The zero-order chi connectivity index (χ0) is 17.7. The molecule has 1 aliphatic rings. The lowest BCUT2D eigenvalue weighted by molar-refractivity contribution is -0.0498. The monoisotopic (exact) mass is 342 g/mol. The Hall–Kier alpha value is -1.89. The smallest absolute Gasteiger partial charge is 0.387 e. The second kappa shape index (κ2) is 8.28. The summed E-state index contributed by atoms with van der Waals surface area (Å²) in [7, 11) is 0. The Bertz CT molecular complexity index is 539. The van der Waals surface area contributed by atoms with Crippen LogP contribution in [-0.2, 0) is 0 Å². The van der Waals surface area contributed by atoms with Gasteiger partial charge in [0.1, 0.15) is 5.75 Å². The number of hydrogen-bond donors (Lipinski definition) is 2. The number of carbonyl (C=O) groups is 1. The predicted molar refractivity (Wildman–Crippen MR) is 86.0 cm³/mol. The molecule has 3 unspecified atom stereocenters. The molecule has 1 aromatic carbocycles. The van der Waals surface area contributed by atoms with Crippen LogP contribution in [0.4, 0.5) is 13.6 Å². The Morgan fingerprint density at radius 2 is 2.08 bits per heavy atom. The third-order valence-corrected chi connectivity index (χ3v) is 4.42. The lowest BCUT2D eigenvalue weighted by atomic mass is 9.96. The molecule has 0 aromatic heterocycles. The highest BCUT2D eigenvalue weighted by Gasteiger charge is 2.28. The Morgan fingerprint density at radius 1 is 1.42 bits per heavy atom. The number of hydrogen-bond acceptors (Lipinski definition) is 3. The van der Waals surface area contributed by atoms with Gasteiger partial charge in [0.05, 0.1) is 12.1 Å². The molecule has 0 radical (unpaired) electrons. The summed E-state index contributed by atoms with van der Waals surface area (Å²) in [6, 6.07) is 5.81. The number of carbonyl (C=O) groups excluding carboxylic acids is 1. The molecular formula is C17H24F2N2O3. The Labute approximate surface area is 140 Å². The average Bonchev–Trinajstić information content (AvgIpc) is 2.55. The van der Waals surface area contributed by atoms with Crippen LogP contribution in [0.2, 0.25) is 0 Å². The molecule has 1 aliphatic heterocycles. The molecule has 7 heteroatoms. The highest BCUT2D eigenvalue weighted by atomic mass is 19.3. The fourth-order valence-electron chi connectivity index (χ4n) is 2.78. The van der Waals surface area contributed by atoms with Crippen molar-refractivity contribution in [3.8, 4) is 5.75 Å². The first-order valence-electron chi connectivity index (χ1n) is 8.19. The first-order valence-corrected chi connectivity index (χ1v) is 8.19. The van der Waals surface area contributed by atoms with Crippen molar-refractivity contribution >= 4 is 6.03 Å². The number of nitrogens with one attached hydrogen (secondary N) is 1. The molecule has 1 aromatic rings. The number of urea groups is 1. The Balaban J connectivity index is 1.97. The molecule has 134 valence electrons. The predicted octanol–water partition coefficient (Wildman–Crippen LogP) is 3.15. The second-order valence-corrected chi connectivity index (χ2v) is 6.14. The van der Waals surface area contributed by atoms with E-state index in [2.05, 4.69) is 10.1 Å². The standard InChI is InChI=1S/C17H24F2N2O3/c1-3-14(12-4-6-13(7-5-12)24-16(18)19)20-17(23)21-9-8-11(2)15(22)10-21/h4-7,11,14-16,22H,3,8-10H2,1-2H3,(H,20,23). The molecule has 0 spiro atoms. The number of halogens is 2. The van der Waals surface area contributed by atoms with Gasteiger partial charge in [-0.3, -0.25) is 0 Å². The summed E-state index contributed by atoms with van der Waals surface area (Å²) < 4.78 is 28.7. The number of aliphatic hydroxyl groups is 1. The third-order valence-electron chi connectivity index (χ3n) is 4.42. The maximum absolute atomic E-state index is 12.4. The molecule has 0 aliphatic carbocycles. The van der Waals surface area contributed by atoms with E-state index in [1.54, 1.807) is 17.0 Å². The Morgan fingerprint density at radius 3 is 2.62 bits per heavy atom. The zero-order valence-electron chi connectivity index (χ0n) is 13.9. The van der Waals surface area contributed by atoms with Crippen molar-refractivity contribution < 1.29 is 23.4 Å². The minimum Gasteiger partial charge on any atom is -0.435 e. The zero-order valence-corrected chi connectivity index (χ0v) is 13.9. The van der Waals surface area contributed by atoms with Crippen molar-refractivity contribution in [3.05, 3.63) is 29.8 Å². The van der Waals surface area contributed by atoms with Crippen molar-refractivity contribution in [2.45, 2.75) is 45.4 Å². The van der Waals surface area contributed by atoms with E-state index in [1.165, 1.54) is 12.1 Å². The van der Waals surface area contributed by atoms with Gasteiger partial charge >= 0.3 is 12.6 Å². The van der Waals surface area contributed by atoms with Crippen LogP contribution in [0.25, 0.3) is 0 Å². The fraction of sp³-hybridized carbons (Fsp3) is 0.588. The van der Waals surface area contributed by atoms with Gasteiger partial charge < -0.3 is 20.1 Å². The number of amides is 2. The lowest BCUT2D eigenvalue weighted by Gasteiger charge is -2.35. The summed E-state index contributed by atoms with van der Waals surface area (Å²) in [5.41, 5.74) is 0.818. The number of β-amino-alcohol motifs (C(OH)–C–C–N with tert-alkyl or cyclic N) is 1. The summed E-state index contributed by atoms with van der Waals surface area (Å²) in [5.74, 6) is 0.279. The van der Waals surface area contributed by atoms with Crippen LogP contribution < -0.4 is 10.1 Å². The maximum atomic E-state index is 12.4. The summed E-state index contributed by atoms with van der Waals surface area (Å²) in [5, 5.41) is 12.8. The second-order valence-electron chi connectivity index (χ2n) is 6.14. The number of nitrogens with zero attached hydrogens (tertiary/aromatic N) is 1. The summed E-state index contributed by atoms with van der Waals surface area (Å²) >= 11 is 0. The van der Waals surface area contributed by atoms with Crippen molar-refractivity contribution in [1.82, 2.24) is 10.2 Å². The van der Waals surface area contributed by atoms with Gasteiger partial charge in [0, 0.05) is 13.1 Å². The SMILES string of the molecule is CCC(NC(=O)N1CCC(C)C(O)C1)c1ccc(OC(F)F)cc1. The molecule has 0 bridgehead atoms. The third kappa shape index (κ3) is 4.80. The molecule has 2 N–H and O–H groups in total. The maximum Gasteiger partial charge on any atom is 0.387 e. The number of aliphatic hydroxyl groups excluding tert-OH is 1. The van der Waals surface area contributed by atoms with Crippen LogP contribution in [0.5, 0.6) is 5.75 Å². The number of piperidine rings is 1. The number of likely N-dealkylation sites (tertiary alicyclic amines) is 1. The quantitative estimate of drug-likeness (QED) is 0.864.